The Morgan fingerprint density at radius 3 is 0.545 bits per heavy atom. The van der Waals surface area contributed by atoms with E-state index in [0.717, 1.165) is 77.0 Å². The van der Waals surface area contributed by atoms with E-state index in [0.29, 0.717) is 0 Å². The third kappa shape index (κ3) is 93.4. The van der Waals surface area contributed by atoms with Crippen LogP contribution in [0.5, 0.6) is 0 Å². The van der Waals surface area contributed by atoms with Gasteiger partial charge in [0.2, 0.25) is 0 Å². The molecule has 0 spiro atoms. The van der Waals surface area contributed by atoms with Gasteiger partial charge in [-0.1, -0.05) is 205 Å². The van der Waals surface area contributed by atoms with Crippen LogP contribution in [-0.4, -0.2) is 72.8 Å². The molecule has 0 aromatic heterocycles. The second-order valence-electron chi connectivity index (χ2n) is 17.2. The maximum atomic E-state index is 10.1. The van der Waals surface area contributed by atoms with E-state index >= 15 is 0 Å². The minimum Gasteiger partial charge on any atom is -0.550 e. The molecule has 0 unspecified atom stereocenters. The molecule has 0 saturated carbocycles. The van der Waals surface area contributed by atoms with E-state index in [1.54, 1.807) is 0 Å². The largest absolute Gasteiger partial charge is 2.00 e. The Labute approximate surface area is 468 Å². The first-order valence-electron chi connectivity index (χ1n) is 26.5. The Morgan fingerprint density at radius 1 is 0.258 bits per heavy atom. The molecule has 0 aliphatic rings. The summed E-state index contributed by atoms with van der Waals surface area (Å²) in [5.41, 5.74) is 0. The molecular formula is C56H100BaCdO8. The Balaban J connectivity index is -0.000000180. The van der Waals surface area contributed by atoms with E-state index in [1.807, 2.05) is 0 Å². The van der Waals surface area contributed by atoms with Crippen molar-refractivity contribution in [2.24, 2.45) is 0 Å². The molecule has 0 aliphatic heterocycles. The number of carbonyl (C=O) groups excluding carboxylic acids is 4. The summed E-state index contributed by atoms with van der Waals surface area (Å²) >= 11 is 0. The third-order valence-electron chi connectivity index (χ3n) is 10.6. The fraction of sp³-hybridized carbons (Fsp3) is 0.786. The SMILES string of the molecule is CCCC/C=C\CCCCCCCC(=O)[O-].CCCC/C=C\CCCCCCCC(=O)[O-].CCCC/C=C\CCCCCCCC(=O)[O-].CCCC/C=C\CCCCCCCC(=O)[O-].[Ba+2].[Cd+2]. The van der Waals surface area contributed by atoms with Gasteiger partial charge in [0, 0.05) is 23.9 Å². The van der Waals surface area contributed by atoms with E-state index in [9.17, 15) is 39.6 Å². The van der Waals surface area contributed by atoms with Crippen molar-refractivity contribution in [2.75, 3.05) is 0 Å². The van der Waals surface area contributed by atoms with Gasteiger partial charge in [0.1, 0.15) is 0 Å². The van der Waals surface area contributed by atoms with Gasteiger partial charge in [0.25, 0.3) is 0 Å². The summed E-state index contributed by atoms with van der Waals surface area (Å²) in [5.74, 6) is -3.67. The van der Waals surface area contributed by atoms with Crippen LogP contribution in [0, 0.1) is 0 Å². The monoisotopic (exact) mass is 1150 g/mol. The van der Waals surface area contributed by atoms with E-state index < -0.39 is 23.9 Å². The Morgan fingerprint density at radius 2 is 0.394 bits per heavy atom. The van der Waals surface area contributed by atoms with Crippen molar-refractivity contribution < 1.29 is 66.9 Å². The number of unbranched alkanes of at least 4 members (excludes halogenated alkanes) is 28. The smallest absolute Gasteiger partial charge is 0.550 e. The fourth-order valence-corrected chi connectivity index (χ4v) is 6.48. The average Bonchev–Trinajstić information content (AvgIpc) is 3.26. The van der Waals surface area contributed by atoms with Gasteiger partial charge >= 0.3 is 76.2 Å². The summed E-state index contributed by atoms with van der Waals surface area (Å²) in [4.78, 5) is 40.6. The van der Waals surface area contributed by atoms with Crippen LogP contribution < -0.4 is 20.4 Å². The number of carboxylic acid groups (broad SMARTS) is 4. The molecule has 10 heteroatoms. The van der Waals surface area contributed by atoms with Crippen molar-refractivity contribution in [3.8, 4) is 0 Å². The van der Waals surface area contributed by atoms with Gasteiger partial charge < -0.3 is 39.6 Å². The van der Waals surface area contributed by atoms with E-state index in [-0.39, 0.29) is 102 Å². The first kappa shape index (κ1) is 76.8. The Kier molecular flexibility index (Phi) is 85.3. The summed E-state index contributed by atoms with van der Waals surface area (Å²) in [5, 5.41) is 40.6. The summed E-state index contributed by atoms with van der Waals surface area (Å²) in [6, 6.07) is 0. The van der Waals surface area contributed by atoms with E-state index in [2.05, 4.69) is 76.3 Å². The van der Waals surface area contributed by atoms with E-state index in [1.165, 1.54) is 154 Å². The Hall–Kier alpha value is -0.666. The van der Waals surface area contributed by atoms with Crippen LogP contribution in [0.4, 0.5) is 0 Å². The van der Waals surface area contributed by atoms with Crippen molar-refractivity contribution in [3.05, 3.63) is 48.6 Å². The van der Waals surface area contributed by atoms with Crippen molar-refractivity contribution in [2.45, 2.75) is 285 Å². The maximum Gasteiger partial charge on any atom is 2.00 e. The quantitative estimate of drug-likeness (QED) is 0.0331. The minimum atomic E-state index is -0.918. The summed E-state index contributed by atoms with van der Waals surface area (Å²) in [6.45, 7) is 8.84. The maximum absolute atomic E-state index is 10.1. The molecule has 0 radical (unpaired) electrons. The molecule has 0 saturated heterocycles. The molecule has 66 heavy (non-hydrogen) atoms. The number of aliphatic carboxylic acids is 4. The molecule has 0 heterocycles. The van der Waals surface area contributed by atoms with Crippen molar-refractivity contribution in [1.82, 2.24) is 0 Å². The molecule has 0 N–H and O–H groups in total. The average molecular weight is 1150 g/mol. The minimum absolute atomic E-state index is 0. The molecule has 0 aliphatic carbocycles. The van der Waals surface area contributed by atoms with Crippen molar-refractivity contribution in [3.63, 3.8) is 0 Å². The number of allylic oxidation sites excluding steroid dienone is 8. The first-order valence-corrected chi connectivity index (χ1v) is 26.5. The van der Waals surface area contributed by atoms with Gasteiger partial charge in [-0.15, -0.1) is 0 Å². The van der Waals surface area contributed by atoms with Crippen LogP contribution in [-0.2, 0) is 46.5 Å². The van der Waals surface area contributed by atoms with Crippen LogP contribution in [0.25, 0.3) is 0 Å². The van der Waals surface area contributed by atoms with Gasteiger partial charge in [0.15, 0.2) is 0 Å². The molecule has 0 fully saturated rings. The molecule has 0 aromatic carbocycles. The fourth-order valence-electron chi connectivity index (χ4n) is 6.48. The standard InChI is InChI=1S/4C14H26O2.Ba.Cd/c4*1-2-3-4-5-6-7-8-9-10-11-12-13-14(15)16;;/h4*5-6H,2-4,7-13H2,1H3,(H,15,16);;/q;;;;2*+2/p-4/b4*6-5-;;. The van der Waals surface area contributed by atoms with Gasteiger partial charge in [-0.2, -0.15) is 0 Å². The molecule has 0 atom stereocenters. The molecule has 0 aromatic rings. The summed E-state index contributed by atoms with van der Waals surface area (Å²) in [7, 11) is 0. The normalized spacial score (nSPS) is 10.7. The van der Waals surface area contributed by atoms with Gasteiger partial charge in [-0.25, -0.2) is 0 Å². The second kappa shape index (κ2) is 73.3. The van der Waals surface area contributed by atoms with Crippen LogP contribution in [0.2, 0.25) is 0 Å². The van der Waals surface area contributed by atoms with Gasteiger partial charge in [0.05, 0.1) is 0 Å². The summed E-state index contributed by atoms with van der Waals surface area (Å²) in [6.07, 6.45) is 60.4. The van der Waals surface area contributed by atoms with Crippen molar-refractivity contribution >= 4 is 72.8 Å². The van der Waals surface area contributed by atoms with E-state index in [4.69, 9.17) is 0 Å². The van der Waals surface area contributed by atoms with Crippen LogP contribution in [0.3, 0.4) is 0 Å². The second-order valence-corrected chi connectivity index (χ2v) is 17.2. The molecule has 8 nitrogen and oxygen atoms in total. The zero-order chi connectivity index (χ0) is 48.3. The zero-order valence-electron chi connectivity index (χ0n) is 43.6. The number of rotatable bonds is 44. The Bertz CT molecular complexity index is 924. The number of hydrogen-bond acceptors (Lipinski definition) is 8. The third-order valence-corrected chi connectivity index (χ3v) is 10.6. The molecule has 0 bridgehead atoms. The van der Waals surface area contributed by atoms with Gasteiger partial charge in [-0.3, -0.25) is 0 Å². The topological polar surface area (TPSA) is 161 Å². The number of carbonyl (C=O) groups is 4. The molecule has 0 amide bonds. The number of carboxylic acids is 4. The molecular weight excluding hydrogens is 1050 g/mol. The predicted molar refractivity (Wildman–Crippen MR) is 270 cm³/mol. The summed E-state index contributed by atoms with van der Waals surface area (Å²) < 4.78 is 0. The first-order chi connectivity index (χ1) is 31.1. The van der Waals surface area contributed by atoms with Crippen LogP contribution in [0.1, 0.15) is 285 Å². The van der Waals surface area contributed by atoms with Crippen molar-refractivity contribution in [1.29, 1.82) is 0 Å². The predicted octanol–water partition coefficient (Wildman–Crippen LogP) is 12.5. The van der Waals surface area contributed by atoms with Crippen LogP contribution >= 0.6 is 0 Å². The number of hydrogen-bond donors (Lipinski definition) is 0. The molecule has 0 rings (SSSR count). The van der Waals surface area contributed by atoms with Crippen LogP contribution in [0.15, 0.2) is 48.6 Å². The molecule has 376 valence electrons. The zero-order valence-corrected chi connectivity index (χ0v) is 52.1. The van der Waals surface area contributed by atoms with Gasteiger partial charge in [-0.05, 0) is 128 Å².